The van der Waals surface area contributed by atoms with Crippen LogP contribution in [-0.2, 0) is 6.42 Å². The quantitative estimate of drug-likeness (QED) is 0.618. The summed E-state index contributed by atoms with van der Waals surface area (Å²) in [6.45, 7) is 4.09. The lowest BCUT2D eigenvalue weighted by Gasteiger charge is -2.21. The molecule has 1 heterocycles. The summed E-state index contributed by atoms with van der Waals surface area (Å²) in [5.41, 5.74) is 4.55. The van der Waals surface area contributed by atoms with Gasteiger partial charge in [-0.2, -0.15) is 5.10 Å². The van der Waals surface area contributed by atoms with Crippen molar-refractivity contribution in [3.05, 3.63) is 51.0 Å². The first-order valence-corrected chi connectivity index (χ1v) is 7.74. The summed E-state index contributed by atoms with van der Waals surface area (Å²) < 4.78 is 15.9. The van der Waals surface area contributed by atoms with E-state index in [0.717, 1.165) is 15.7 Å². The molecule has 1 aromatic heterocycles. The number of hydrazine groups is 1. The molecule has 0 saturated heterocycles. The van der Waals surface area contributed by atoms with Gasteiger partial charge in [0.05, 0.1) is 22.4 Å². The van der Waals surface area contributed by atoms with Gasteiger partial charge in [0.25, 0.3) is 0 Å². The minimum absolute atomic E-state index is 0.188. The molecule has 2 aromatic rings. The van der Waals surface area contributed by atoms with Crippen LogP contribution in [0.4, 0.5) is 4.39 Å². The Morgan fingerprint density at radius 1 is 1.48 bits per heavy atom. The summed E-state index contributed by atoms with van der Waals surface area (Å²) in [6, 6.07) is 4.38. The van der Waals surface area contributed by atoms with Crippen LogP contribution in [0, 0.1) is 5.82 Å². The van der Waals surface area contributed by atoms with Crippen LogP contribution in [0.15, 0.2) is 28.9 Å². The fraction of sp³-hybridized carbons (Fsp3) is 0.357. The Morgan fingerprint density at radius 2 is 2.19 bits per heavy atom. The van der Waals surface area contributed by atoms with Gasteiger partial charge in [-0.3, -0.25) is 16.0 Å². The smallest absolute Gasteiger partial charge is 0.124 e. The van der Waals surface area contributed by atoms with Crippen LogP contribution in [0.5, 0.6) is 0 Å². The van der Waals surface area contributed by atoms with E-state index in [-0.39, 0.29) is 17.9 Å². The van der Waals surface area contributed by atoms with Gasteiger partial charge >= 0.3 is 0 Å². The van der Waals surface area contributed by atoms with Gasteiger partial charge in [-0.1, -0.05) is 17.7 Å². The van der Waals surface area contributed by atoms with Crippen molar-refractivity contribution in [3.8, 4) is 0 Å². The van der Waals surface area contributed by atoms with Gasteiger partial charge in [-0.05, 0) is 53.9 Å². The molecule has 2 rings (SSSR count). The summed E-state index contributed by atoms with van der Waals surface area (Å²) in [5.74, 6) is 5.35. The summed E-state index contributed by atoms with van der Waals surface area (Å²) in [5, 5.41) is 4.73. The van der Waals surface area contributed by atoms with Crippen molar-refractivity contribution < 1.29 is 4.39 Å². The Bertz CT molecular complexity index is 629. The van der Waals surface area contributed by atoms with Crippen LogP contribution in [0.25, 0.3) is 0 Å². The molecule has 21 heavy (non-hydrogen) atoms. The molecule has 0 aliphatic rings. The third kappa shape index (κ3) is 3.63. The van der Waals surface area contributed by atoms with Gasteiger partial charge < -0.3 is 0 Å². The number of aromatic nitrogens is 2. The summed E-state index contributed by atoms with van der Waals surface area (Å²) in [6.07, 6.45) is 2.28. The molecular weight excluding hydrogens is 359 g/mol. The molecule has 0 aliphatic carbocycles. The average molecular weight is 376 g/mol. The molecule has 114 valence electrons. The van der Waals surface area contributed by atoms with Crippen LogP contribution >= 0.6 is 27.5 Å². The zero-order valence-electron chi connectivity index (χ0n) is 11.8. The normalized spacial score (nSPS) is 12.9. The van der Waals surface area contributed by atoms with Crippen molar-refractivity contribution in [3.63, 3.8) is 0 Å². The van der Waals surface area contributed by atoms with E-state index in [2.05, 4.69) is 26.5 Å². The number of nitrogens with zero attached hydrogens (tertiary/aromatic N) is 2. The lowest BCUT2D eigenvalue weighted by molar-refractivity contribution is 0.446. The number of hydrogen-bond donors (Lipinski definition) is 2. The number of halogens is 3. The molecule has 0 aliphatic heterocycles. The lowest BCUT2D eigenvalue weighted by Crippen LogP contribution is -2.32. The zero-order chi connectivity index (χ0) is 15.6. The maximum absolute atomic E-state index is 13.1. The minimum Gasteiger partial charge on any atom is -0.271 e. The second kappa shape index (κ2) is 6.87. The van der Waals surface area contributed by atoms with E-state index >= 15 is 0 Å². The fourth-order valence-corrected chi connectivity index (χ4v) is 3.02. The zero-order valence-corrected chi connectivity index (χ0v) is 14.1. The Kier molecular flexibility index (Phi) is 5.37. The predicted octanol–water partition coefficient (Wildman–Crippen LogP) is 3.77. The first-order chi connectivity index (χ1) is 9.93. The van der Waals surface area contributed by atoms with Gasteiger partial charge in [0.1, 0.15) is 5.82 Å². The standard InChI is InChI=1S/C14H17BrClFN4/c1-8(2)21-14(11(15)7-19-21)13(20-18)5-9-3-4-10(17)6-12(9)16/h3-4,6-8,13,20H,5,18H2,1-2H3. The highest BCUT2D eigenvalue weighted by Crippen LogP contribution is 2.30. The van der Waals surface area contributed by atoms with Crippen molar-refractivity contribution >= 4 is 27.5 Å². The number of benzene rings is 1. The van der Waals surface area contributed by atoms with Gasteiger partial charge in [0, 0.05) is 11.1 Å². The highest BCUT2D eigenvalue weighted by atomic mass is 79.9. The molecule has 0 amide bonds. The summed E-state index contributed by atoms with van der Waals surface area (Å²) in [7, 11) is 0. The van der Waals surface area contributed by atoms with Gasteiger partial charge in [-0.25, -0.2) is 4.39 Å². The SMILES string of the molecule is CC(C)n1ncc(Br)c1C(Cc1ccc(F)cc1Cl)NN. The van der Waals surface area contributed by atoms with E-state index in [9.17, 15) is 4.39 Å². The second-order valence-corrected chi connectivity index (χ2v) is 6.34. The Balaban J connectivity index is 2.34. The Morgan fingerprint density at radius 3 is 2.76 bits per heavy atom. The van der Waals surface area contributed by atoms with E-state index in [4.69, 9.17) is 17.4 Å². The van der Waals surface area contributed by atoms with Crippen LogP contribution in [0.1, 0.15) is 37.2 Å². The van der Waals surface area contributed by atoms with Crippen molar-refractivity contribution in [2.75, 3.05) is 0 Å². The summed E-state index contributed by atoms with van der Waals surface area (Å²) in [4.78, 5) is 0. The lowest BCUT2D eigenvalue weighted by atomic mass is 10.0. The number of rotatable bonds is 5. The molecule has 3 N–H and O–H groups in total. The molecule has 0 fully saturated rings. The molecule has 0 radical (unpaired) electrons. The van der Waals surface area contributed by atoms with E-state index in [0.29, 0.717) is 11.4 Å². The molecule has 7 heteroatoms. The van der Waals surface area contributed by atoms with Gasteiger partial charge in [-0.15, -0.1) is 0 Å². The number of nitrogens with two attached hydrogens (primary N) is 1. The van der Waals surface area contributed by atoms with Gasteiger partial charge in [0.15, 0.2) is 0 Å². The average Bonchev–Trinajstić information content (AvgIpc) is 2.80. The van der Waals surface area contributed by atoms with Crippen molar-refractivity contribution in [2.45, 2.75) is 32.4 Å². The number of hydrogen-bond acceptors (Lipinski definition) is 3. The molecule has 1 aromatic carbocycles. The Labute approximate surface area is 136 Å². The molecule has 0 saturated carbocycles. The molecule has 0 spiro atoms. The third-order valence-corrected chi connectivity index (χ3v) is 4.21. The van der Waals surface area contributed by atoms with Crippen molar-refractivity contribution in [1.29, 1.82) is 0 Å². The molecule has 0 bridgehead atoms. The molecular formula is C14H17BrClFN4. The van der Waals surface area contributed by atoms with E-state index in [1.54, 1.807) is 12.3 Å². The van der Waals surface area contributed by atoms with Crippen molar-refractivity contribution in [1.82, 2.24) is 15.2 Å². The van der Waals surface area contributed by atoms with E-state index < -0.39 is 0 Å². The van der Waals surface area contributed by atoms with E-state index in [1.165, 1.54) is 12.1 Å². The first kappa shape index (κ1) is 16.4. The highest BCUT2D eigenvalue weighted by Gasteiger charge is 2.21. The number of nitrogens with one attached hydrogen (secondary N) is 1. The Hall–Kier alpha value is -0.950. The molecule has 4 nitrogen and oxygen atoms in total. The highest BCUT2D eigenvalue weighted by molar-refractivity contribution is 9.10. The van der Waals surface area contributed by atoms with E-state index in [1.807, 2.05) is 18.5 Å². The third-order valence-electron chi connectivity index (χ3n) is 3.25. The maximum atomic E-state index is 13.1. The monoisotopic (exact) mass is 374 g/mol. The first-order valence-electron chi connectivity index (χ1n) is 6.57. The maximum Gasteiger partial charge on any atom is 0.124 e. The van der Waals surface area contributed by atoms with Crippen LogP contribution in [0.3, 0.4) is 0 Å². The van der Waals surface area contributed by atoms with Crippen molar-refractivity contribution in [2.24, 2.45) is 5.84 Å². The second-order valence-electron chi connectivity index (χ2n) is 5.08. The fourth-order valence-electron chi connectivity index (χ4n) is 2.23. The van der Waals surface area contributed by atoms with Crippen LogP contribution in [-0.4, -0.2) is 9.78 Å². The molecule has 1 atom stereocenters. The molecule has 1 unspecified atom stereocenters. The summed E-state index contributed by atoms with van der Waals surface area (Å²) >= 11 is 9.59. The van der Waals surface area contributed by atoms with Crippen LogP contribution in [0.2, 0.25) is 5.02 Å². The predicted molar refractivity (Wildman–Crippen MR) is 85.5 cm³/mol. The minimum atomic E-state index is -0.352. The van der Waals surface area contributed by atoms with Gasteiger partial charge in [0.2, 0.25) is 0 Å². The van der Waals surface area contributed by atoms with Crippen LogP contribution < -0.4 is 11.3 Å². The largest absolute Gasteiger partial charge is 0.271 e. The topological polar surface area (TPSA) is 55.9 Å².